The molecule has 0 unspecified atom stereocenters. The number of nitrogens with one attached hydrogen (secondary N) is 2. The second kappa shape index (κ2) is 8.67. The normalized spacial score (nSPS) is 15.7. The molecule has 1 aliphatic rings. The topological polar surface area (TPSA) is 49.8 Å². The Morgan fingerprint density at radius 2 is 1.75 bits per heavy atom. The Hall–Kier alpha value is -2.10. The van der Waals surface area contributed by atoms with Crippen LogP contribution in [0.2, 0.25) is 0 Å². The molecule has 2 N–H and O–H groups in total. The second-order valence-corrected chi connectivity index (χ2v) is 6.71. The highest BCUT2D eigenvalue weighted by Gasteiger charge is 2.13. The number of nitrogens with zero attached hydrogens (tertiary/aromatic N) is 2. The van der Waals surface area contributed by atoms with E-state index in [-0.39, 0.29) is 0 Å². The molecule has 1 heterocycles. The average Bonchev–Trinajstić information content (AvgIpc) is 2.84. The van der Waals surface area contributed by atoms with Crippen LogP contribution in [-0.4, -0.2) is 22.6 Å². The third-order valence-corrected chi connectivity index (χ3v) is 4.61. The van der Waals surface area contributed by atoms with Crippen molar-refractivity contribution >= 4 is 11.8 Å². The van der Waals surface area contributed by atoms with Crippen molar-refractivity contribution in [2.75, 3.05) is 17.2 Å². The molecule has 3 rings (SSSR count). The molecule has 128 valence electrons. The minimum Gasteiger partial charge on any atom is -0.370 e. The van der Waals surface area contributed by atoms with Crippen LogP contribution in [0.15, 0.2) is 36.4 Å². The molecular formula is C20H28N4. The SMILES string of the molecule is Cc1cc(NCCc2ccccc2)nc(NC2CCCCCC2)n1. The highest BCUT2D eigenvalue weighted by Crippen LogP contribution is 2.20. The number of aromatic nitrogens is 2. The fourth-order valence-electron chi connectivity index (χ4n) is 3.31. The van der Waals surface area contributed by atoms with Crippen LogP contribution in [0, 0.1) is 6.92 Å². The Bertz CT molecular complexity index is 619. The average molecular weight is 324 g/mol. The zero-order chi connectivity index (χ0) is 16.6. The maximum absolute atomic E-state index is 4.66. The predicted octanol–water partition coefficient (Wildman–Crippen LogP) is 4.57. The van der Waals surface area contributed by atoms with Gasteiger partial charge in [-0.05, 0) is 31.7 Å². The van der Waals surface area contributed by atoms with E-state index < -0.39 is 0 Å². The maximum atomic E-state index is 4.66. The van der Waals surface area contributed by atoms with Crippen LogP contribution in [-0.2, 0) is 6.42 Å². The van der Waals surface area contributed by atoms with Gasteiger partial charge in [0.2, 0.25) is 5.95 Å². The van der Waals surface area contributed by atoms with Gasteiger partial charge in [-0.15, -0.1) is 0 Å². The fraction of sp³-hybridized carbons (Fsp3) is 0.500. The van der Waals surface area contributed by atoms with Crippen LogP contribution in [0.1, 0.15) is 49.8 Å². The van der Waals surface area contributed by atoms with E-state index in [1.54, 1.807) is 0 Å². The highest BCUT2D eigenvalue weighted by molar-refractivity contribution is 5.42. The maximum Gasteiger partial charge on any atom is 0.225 e. The van der Waals surface area contributed by atoms with Gasteiger partial charge in [-0.1, -0.05) is 56.0 Å². The molecule has 0 amide bonds. The first-order valence-electron chi connectivity index (χ1n) is 9.19. The first-order valence-corrected chi connectivity index (χ1v) is 9.19. The summed E-state index contributed by atoms with van der Waals surface area (Å²) in [5.74, 6) is 1.68. The van der Waals surface area contributed by atoms with Gasteiger partial charge in [0.15, 0.2) is 0 Å². The van der Waals surface area contributed by atoms with Crippen molar-refractivity contribution < 1.29 is 0 Å². The lowest BCUT2D eigenvalue weighted by Crippen LogP contribution is -2.20. The predicted molar refractivity (Wildman–Crippen MR) is 101 cm³/mol. The summed E-state index contributed by atoms with van der Waals surface area (Å²) in [6, 6.07) is 13.1. The fourth-order valence-corrected chi connectivity index (χ4v) is 3.31. The van der Waals surface area contributed by atoms with Crippen LogP contribution < -0.4 is 10.6 Å². The van der Waals surface area contributed by atoms with Gasteiger partial charge in [0.1, 0.15) is 5.82 Å². The monoisotopic (exact) mass is 324 g/mol. The van der Waals surface area contributed by atoms with Gasteiger partial charge in [0.05, 0.1) is 0 Å². The molecule has 0 bridgehead atoms. The van der Waals surface area contributed by atoms with E-state index >= 15 is 0 Å². The quantitative estimate of drug-likeness (QED) is 0.764. The number of anilines is 2. The van der Waals surface area contributed by atoms with Crippen molar-refractivity contribution in [1.29, 1.82) is 0 Å². The van der Waals surface area contributed by atoms with Crippen LogP contribution in [0.4, 0.5) is 11.8 Å². The third-order valence-electron chi connectivity index (χ3n) is 4.61. The van der Waals surface area contributed by atoms with Crippen molar-refractivity contribution in [2.45, 2.75) is 57.9 Å². The Morgan fingerprint density at radius 1 is 1.00 bits per heavy atom. The van der Waals surface area contributed by atoms with Crippen molar-refractivity contribution in [3.8, 4) is 0 Å². The van der Waals surface area contributed by atoms with Crippen molar-refractivity contribution in [1.82, 2.24) is 9.97 Å². The van der Waals surface area contributed by atoms with E-state index in [0.29, 0.717) is 6.04 Å². The number of hydrogen-bond donors (Lipinski definition) is 2. The molecule has 1 saturated carbocycles. The minimum atomic E-state index is 0.520. The highest BCUT2D eigenvalue weighted by atomic mass is 15.2. The molecule has 0 radical (unpaired) electrons. The number of hydrogen-bond acceptors (Lipinski definition) is 4. The summed E-state index contributed by atoms with van der Waals surface area (Å²) in [7, 11) is 0. The Morgan fingerprint density at radius 3 is 2.50 bits per heavy atom. The molecule has 1 aromatic carbocycles. The molecular weight excluding hydrogens is 296 g/mol. The zero-order valence-corrected chi connectivity index (χ0v) is 14.6. The summed E-state index contributed by atoms with van der Waals surface area (Å²) in [4.78, 5) is 9.22. The van der Waals surface area contributed by atoms with Crippen LogP contribution in [0.25, 0.3) is 0 Å². The summed E-state index contributed by atoms with van der Waals surface area (Å²) >= 11 is 0. The molecule has 1 aromatic heterocycles. The van der Waals surface area contributed by atoms with Gasteiger partial charge in [0.25, 0.3) is 0 Å². The molecule has 0 aliphatic heterocycles. The molecule has 24 heavy (non-hydrogen) atoms. The second-order valence-electron chi connectivity index (χ2n) is 6.71. The van der Waals surface area contributed by atoms with E-state index in [0.717, 1.165) is 30.4 Å². The first kappa shape index (κ1) is 16.7. The molecule has 0 spiro atoms. The van der Waals surface area contributed by atoms with E-state index in [9.17, 15) is 0 Å². The van der Waals surface area contributed by atoms with Gasteiger partial charge < -0.3 is 10.6 Å². The van der Waals surface area contributed by atoms with Gasteiger partial charge >= 0.3 is 0 Å². The number of aryl methyl sites for hydroxylation is 1. The lowest BCUT2D eigenvalue weighted by molar-refractivity contribution is 0.614. The largest absolute Gasteiger partial charge is 0.370 e. The van der Waals surface area contributed by atoms with Crippen LogP contribution in [0.3, 0.4) is 0 Å². The minimum absolute atomic E-state index is 0.520. The summed E-state index contributed by atoms with van der Waals surface area (Å²) < 4.78 is 0. The Kier molecular flexibility index (Phi) is 6.05. The molecule has 1 fully saturated rings. The van der Waals surface area contributed by atoms with Crippen molar-refractivity contribution in [3.63, 3.8) is 0 Å². The molecule has 0 saturated heterocycles. The smallest absolute Gasteiger partial charge is 0.225 e. The molecule has 1 aliphatic carbocycles. The summed E-state index contributed by atoms with van der Waals surface area (Å²) in [5.41, 5.74) is 2.34. The number of benzene rings is 1. The van der Waals surface area contributed by atoms with E-state index in [2.05, 4.69) is 50.9 Å². The van der Waals surface area contributed by atoms with E-state index in [1.807, 2.05) is 13.0 Å². The van der Waals surface area contributed by atoms with E-state index in [4.69, 9.17) is 0 Å². The summed E-state index contributed by atoms with van der Waals surface area (Å²) in [6.07, 6.45) is 8.80. The number of rotatable bonds is 6. The first-order chi connectivity index (χ1) is 11.8. The zero-order valence-electron chi connectivity index (χ0n) is 14.6. The van der Waals surface area contributed by atoms with Gasteiger partial charge in [-0.25, -0.2) is 4.98 Å². The van der Waals surface area contributed by atoms with Gasteiger partial charge in [-0.2, -0.15) is 4.98 Å². The summed E-state index contributed by atoms with van der Waals surface area (Å²) in [5, 5.41) is 6.98. The molecule has 4 nitrogen and oxygen atoms in total. The van der Waals surface area contributed by atoms with Gasteiger partial charge in [-0.3, -0.25) is 0 Å². The lowest BCUT2D eigenvalue weighted by Gasteiger charge is -2.17. The molecule has 2 aromatic rings. The van der Waals surface area contributed by atoms with Crippen LogP contribution in [0.5, 0.6) is 0 Å². The molecule has 4 heteroatoms. The van der Waals surface area contributed by atoms with Crippen molar-refractivity contribution in [2.24, 2.45) is 0 Å². The van der Waals surface area contributed by atoms with Gasteiger partial charge in [0, 0.05) is 24.3 Å². The summed E-state index contributed by atoms with van der Waals surface area (Å²) in [6.45, 7) is 2.91. The molecule has 0 atom stereocenters. The standard InChI is InChI=1S/C20H28N4/c1-16-15-19(21-14-13-17-9-5-4-6-10-17)24-20(22-16)23-18-11-7-2-3-8-12-18/h4-6,9-10,15,18H,2-3,7-8,11-14H2,1H3,(H2,21,22,23,24). The lowest BCUT2D eigenvalue weighted by atomic mass is 10.1. The Labute approximate surface area is 145 Å². The van der Waals surface area contributed by atoms with E-state index in [1.165, 1.54) is 44.1 Å². The Balaban J connectivity index is 1.56. The van der Waals surface area contributed by atoms with Crippen molar-refractivity contribution in [3.05, 3.63) is 47.7 Å². The van der Waals surface area contributed by atoms with Crippen LogP contribution >= 0.6 is 0 Å². The third kappa shape index (κ3) is 5.22.